The number of ether oxygens (including phenoxy) is 2. The monoisotopic (exact) mass is 296 g/mol. The van der Waals surface area contributed by atoms with E-state index in [2.05, 4.69) is 26.4 Å². The number of imidazole rings is 1. The van der Waals surface area contributed by atoms with Crippen LogP contribution in [-0.4, -0.2) is 45.2 Å². The molecule has 20 heavy (non-hydrogen) atoms. The molecule has 0 saturated carbocycles. The van der Waals surface area contributed by atoms with Gasteiger partial charge in [0.25, 0.3) is 0 Å². The van der Waals surface area contributed by atoms with Crippen LogP contribution in [0.1, 0.15) is 25.2 Å². The van der Waals surface area contributed by atoms with Gasteiger partial charge in [-0.25, -0.2) is 9.97 Å². The first-order valence-electron chi connectivity index (χ1n) is 6.69. The number of halogens is 1. The lowest BCUT2D eigenvalue weighted by Crippen LogP contribution is -2.19. The Labute approximate surface area is 122 Å². The highest BCUT2D eigenvalue weighted by Gasteiger charge is 2.30. The van der Waals surface area contributed by atoms with E-state index in [1.807, 2.05) is 0 Å². The quantitative estimate of drug-likeness (QED) is 0.807. The maximum atomic E-state index is 5.90. The molecule has 1 aliphatic rings. The normalized spacial score (nSPS) is 22.6. The van der Waals surface area contributed by atoms with Crippen molar-refractivity contribution in [1.82, 2.24) is 19.5 Å². The minimum absolute atomic E-state index is 0.141. The van der Waals surface area contributed by atoms with Crippen molar-refractivity contribution in [1.29, 1.82) is 0 Å². The van der Waals surface area contributed by atoms with Gasteiger partial charge >= 0.3 is 0 Å². The van der Waals surface area contributed by atoms with Gasteiger partial charge < -0.3 is 14.0 Å². The highest BCUT2D eigenvalue weighted by atomic mass is 35.5. The summed E-state index contributed by atoms with van der Waals surface area (Å²) in [6.07, 6.45) is 3.28. The number of fused-ring (bicyclic) bond motifs is 1. The summed E-state index contributed by atoms with van der Waals surface area (Å²) in [5.41, 5.74) is 1.48. The van der Waals surface area contributed by atoms with E-state index in [0.717, 1.165) is 24.5 Å². The Balaban J connectivity index is 2.19. The summed E-state index contributed by atoms with van der Waals surface area (Å²) in [5.74, 6) is 1.92. The fourth-order valence-corrected chi connectivity index (χ4v) is 2.92. The van der Waals surface area contributed by atoms with Crippen molar-refractivity contribution in [3.8, 4) is 5.88 Å². The Morgan fingerprint density at radius 2 is 2.35 bits per heavy atom. The summed E-state index contributed by atoms with van der Waals surface area (Å²) < 4.78 is 13.1. The van der Waals surface area contributed by atoms with Gasteiger partial charge in [0.1, 0.15) is 12.2 Å². The molecule has 1 fully saturated rings. The van der Waals surface area contributed by atoms with Crippen LogP contribution in [0.5, 0.6) is 5.88 Å². The molecule has 2 aromatic heterocycles. The van der Waals surface area contributed by atoms with E-state index in [-0.39, 0.29) is 12.1 Å². The number of hydrogen-bond acceptors (Lipinski definition) is 5. The van der Waals surface area contributed by atoms with Gasteiger partial charge in [-0.15, -0.1) is 11.6 Å². The molecule has 2 aromatic rings. The second-order valence-electron chi connectivity index (χ2n) is 4.82. The first kappa shape index (κ1) is 13.6. The zero-order valence-corrected chi connectivity index (χ0v) is 12.3. The molecule has 1 saturated heterocycles. The molecule has 0 radical (unpaired) electrons. The van der Waals surface area contributed by atoms with E-state index in [1.165, 1.54) is 6.33 Å². The van der Waals surface area contributed by atoms with Crippen LogP contribution < -0.4 is 4.74 Å². The Morgan fingerprint density at radius 1 is 1.50 bits per heavy atom. The summed E-state index contributed by atoms with van der Waals surface area (Å²) in [4.78, 5) is 13.1. The van der Waals surface area contributed by atoms with E-state index in [1.54, 1.807) is 7.11 Å². The number of aryl methyl sites for hydroxylation is 1. The van der Waals surface area contributed by atoms with Gasteiger partial charge in [-0.3, -0.25) is 0 Å². The second kappa shape index (κ2) is 5.54. The molecule has 0 N–H and O–H groups in total. The van der Waals surface area contributed by atoms with Gasteiger partial charge in [0.15, 0.2) is 11.2 Å². The first-order chi connectivity index (χ1) is 9.76. The van der Waals surface area contributed by atoms with E-state index < -0.39 is 0 Å². The van der Waals surface area contributed by atoms with Crippen molar-refractivity contribution in [2.45, 2.75) is 31.9 Å². The Hall–Kier alpha value is -1.40. The SMILES string of the molecule is COc1ncnc2c1nc(CCCl)n2C1CCOC1C. The molecule has 2 unspecified atom stereocenters. The highest BCUT2D eigenvalue weighted by Crippen LogP contribution is 2.32. The third-order valence-electron chi connectivity index (χ3n) is 3.70. The fourth-order valence-electron chi connectivity index (χ4n) is 2.75. The molecule has 6 nitrogen and oxygen atoms in total. The lowest BCUT2D eigenvalue weighted by molar-refractivity contribution is 0.108. The van der Waals surface area contributed by atoms with Crippen LogP contribution in [0.2, 0.25) is 0 Å². The second-order valence-corrected chi connectivity index (χ2v) is 5.20. The molecule has 2 atom stereocenters. The minimum atomic E-state index is 0.141. The average molecular weight is 297 g/mol. The third-order valence-corrected chi connectivity index (χ3v) is 3.88. The summed E-state index contributed by atoms with van der Waals surface area (Å²) in [7, 11) is 1.59. The zero-order chi connectivity index (χ0) is 14.1. The van der Waals surface area contributed by atoms with Gasteiger partial charge in [-0.1, -0.05) is 0 Å². The molecule has 0 aromatic carbocycles. The molecule has 108 valence electrons. The third kappa shape index (κ3) is 2.13. The fraction of sp³-hybridized carbons (Fsp3) is 0.615. The van der Waals surface area contributed by atoms with Gasteiger partial charge in [0.2, 0.25) is 5.88 Å². The van der Waals surface area contributed by atoms with Crippen molar-refractivity contribution in [3.63, 3.8) is 0 Å². The predicted molar refractivity (Wildman–Crippen MR) is 75.4 cm³/mol. The molecule has 3 rings (SSSR count). The topological polar surface area (TPSA) is 62.1 Å². The van der Waals surface area contributed by atoms with Crippen molar-refractivity contribution in [2.24, 2.45) is 0 Å². The van der Waals surface area contributed by atoms with Crippen molar-refractivity contribution in [2.75, 3.05) is 19.6 Å². The Morgan fingerprint density at radius 3 is 3.00 bits per heavy atom. The Bertz CT molecular complexity index is 616. The number of aromatic nitrogens is 4. The van der Waals surface area contributed by atoms with Gasteiger partial charge in [-0.05, 0) is 13.3 Å². The minimum Gasteiger partial charge on any atom is -0.479 e. The maximum Gasteiger partial charge on any atom is 0.245 e. The number of rotatable bonds is 4. The number of hydrogen-bond donors (Lipinski definition) is 0. The van der Waals surface area contributed by atoms with E-state index >= 15 is 0 Å². The molecule has 0 spiro atoms. The van der Waals surface area contributed by atoms with E-state index in [0.29, 0.717) is 23.7 Å². The summed E-state index contributed by atoms with van der Waals surface area (Å²) in [6.45, 7) is 2.83. The number of alkyl halides is 1. The molecule has 3 heterocycles. The first-order valence-corrected chi connectivity index (χ1v) is 7.23. The zero-order valence-electron chi connectivity index (χ0n) is 11.5. The van der Waals surface area contributed by atoms with Crippen LogP contribution in [0.3, 0.4) is 0 Å². The van der Waals surface area contributed by atoms with Gasteiger partial charge in [0.05, 0.1) is 19.3 Å². The smallest absolute Gasteiger partial charge is 0.245 e. The standard InChI is InChI=1S/C13H17ClN4O2/c1-8-9(4-6-20-8)18-10(3-5-14)17-11-12(18)15-7-16-13(11)19-2/h7-9H,3-6H2,1-2H3. The molecular weight excluding hydrogens is 280 g/mol. The molecule has 0 amide bonds. The van der Waals surface area contributed by atoms with Crippen molar-refractivity contribution in [3.05, 3.63) is 12.2 Å². The molecule has 0 bridgehead atoms. The van der Waals surface area contributed by atoms with Gasteiger partial charge in [-0.2, -0.15) is 4.98 Å². The lowest BCUT2D eigenvalue weighted by Gasteiger charge is -2.18. The maximum absolute atomic E-state index is 5.90. The van der Waals surface area contributed by atoms with Crippen LogP contribution >= 0.6 is 11.6 Å². The average Bonchev–Trinajstić information content (AvgIpc) is 3.01. The van der Waals surface area contributed by atoms with Crippen LogP contribution in [0.4, 0.5) is 0 Å². The number of methoxy groups -OCH3 is 1. The largest absolute Gasteiger partial charge is 0.479 e. The van der Waals surface area contributed by atoms with Crippen molar-refractivity contribution < 1.29 is 9.47 Å². The van der Waals surface area contributed by atoms with Crippen molar-refractivity contribution >= 4 is 22.8 Å². The summed E-state index contributed by atoms with van der Waals surface area (Å²) >= 11 is 5.90. The van der Waals surface area contributed by atoms with Crippen LogP contribution in [-0.2, 0) is 11.2 Å². The van der Waals surface area contributed by atoms with E-state index in [4.69, 9.17) is 21.1 Å². The summed E-state index contributed by atoms with van der Waals surface area (Å²) in [5, 5.41) is 0. The molecule has 0 aliphatic carbocycles. The van der Waals surface area contributed by atoms with Gasteiger partial charge in [0, 0.05) is 18.9 Å². The predicted octanol–water partition coefficient (Wildman–Crippen LogP) is 1.97. The number of nitrogens with zero attached hydrogens (tertiary/aromatic N) is 4. The lowest BCUT2D eigenvalue weighted by atomic mass is 10.1. The van der Waals surface area contributed by atoms with Crippen LogP contribution in [0.25, 0.3) is 11.2 Å². The highest BCUT2D eigenvalue weighted by molar-refractivity contribution is 6.17. The van der Waals surface area contributed by atoms with E-state index in [9.17, 15) is 0 Å². The molecular formula is C13H17ClN4O2. The van der Waals surface area contributed by atoms with Crippen LogP contribution in [0.15, 0.2) is 6.33 Å². The molecule has 1 aliphatic heterocycles. The summed E-state index contributed by atoms with van der Waals surface area (Å²) in [6, 6.07) is 0.234. The van der Waals surface area contributed by atoms with Crippen LogP contribution in [0, 0.1) is 0 Å². The molecule has 7 heteroatoms. The Kier molecular flexibility index (Phi) is 3.76.